The first-order valence-electron chi connectivity index (χ1n) is 4.93. The zero-order valence-corrected chi connectivity index (χ0v) is 9.27. The van der Waals surface area contributed by atoms with Crippen LogP contribution >= 0.6 is 0 Å². The van der Waals surface area contributed by atoms with E-state index in [0.717, 1.165) is 0 Å². The van der Waals surface area contributed by atoms with E-state index in [0.29, 0.717) is 19.1 Å². The number of nitrogens with two attached hydrogens (primary N) is 1. The van der Waals surface area contributed by atoms with Gasteiger partial charge in [-0.2, -0.15) is 15.0 Å². The van der Waals surface area contributed by atoms with Crippen LogP contribution < -0.4 is 21.3 Å². The average molecular weight is 228 g/mol. The molecule has 0 aliphatic heterocycles. The Balaban J connectivity index is 2.77. The van der Waals surface area contributed by atoms with Crippen LogP contribution in [0.15, 0.2) is 0 Å². The third-order valence-electron chi connectivity index (χ3n) is 1.57. The molecule has 0 aliphatic rings. The summed E-state index contributed by atoms with van der Waals surface area (Å²) in [7, 11) is 0. The number of rotatable bonds is 6. The second-order valence-corrected chi connectivity index (χ2v) is 3.07. The van der Waals surface area contributed by atoms with Crippen molar-refractivity contribution in [2.75, 3.05) is 23.9 Å². The number of anilines is 2. The number of nitrogens with zero attached hydrogens (tertiary/aromatic N) is 3. The number of nitrogen functional groups attached to an aromatic ring is 1. The van der Waals surface area contributed by atoms with Gasteiger partial charge in [-0.15, -0.1) is 0 Å². The first-order valence-corrected chi connectivity index (χ1v) is 4.93. The van der Waals surface area contributed by atoms with E-state index in [2.05, 4.69) is 25.7 Å². The van der Waals surface area contributed by atoms with Gasteiger partial charge in [0.25, 0.3) is 0 Å². The predicted octanol–water partition coefficient (Wildman–Crippen LogP) is -0.651. The summed E-state index contributed by atoms with van der Waals surface area (Å²) in [6.07, 6.45) is -0.499. The zero-order chi connectivity index (χ0) is 12.0. The fourth-order valence-corrected chi connectivity index (χ4v) is 0.933. The highest BCUT2D eigenvalue weighted by Gasteiger charge is 2.06. The highest BCUT2D eigenvalue weighted by molar-refractivity contribution is 5.34. The van der Waals surface area contributed by atoms with Crippen LogP contribution in [0.2, 0.25) is 0 Å². The molecule has 0 aromatic carbocycles. The molecule has 1 aromatic rings. The SMILES string of the molecule is CCOc1nc(NN)nc(NCC(C)O)n1. The lowest BCUT2D eigenvalue weighted by Crippen LogP contribution is -2.19. The van der Waals surface area contributed by atoms with Gasteiger partial charge in [0.1, 0.15) is 0 Å². The van der Waals surface area contributed by atoms with Crippen LogP contribution in [0.4, 0.5) is 11.9 Å². The molecule has 1 unspecified atom stereocenters. The zero-order valence-electron chi connectivity index (χ0n) is 9.27. The summed E-state index contributed by atoms with van der Waals surface area (Å²) in [6.45, 7) is 4.26. The number of aromatic nitrogens is 3. The first-order chi connectivity index (χ1) is 7.65. The largest absolute Gasteiger partial charge is 0.464 e. The fraction of sp³-hybridized carbons (Fsp3) is 0.625. The summed E-state index contributed by atoms with van der Waals surface area (Å²) in [5, 5.41) is 11.9. The van der Waals surface area contributed by atoms with Crippen molar-refractivity contribution < 1.29 is 9.84 Å². The molecule has 1 aromatic heterocycles. The highest BCUT2D eigenvalue weighted by Crippen LogP contribution is 2.10. The number of hydrogen-bond acceptors (Lipinski definition) is 8. The summed E-state index contributed by atoms with van der Waals surface area (Å²) < 4.78 is 5.14. The van der Waals surface area contributed by atoms with E-state index >= 15 is 0 Å². The van der Waals surface area contributed by atoms with E-state index in [-0.39, 0.29) is 12.0 Å². The topological polar surface area (TPSA) is 118 Å². The first kappa shape index (κ1) is 12.4. The van der Waals surface area contributed by atoms with Crippen LogP contribution in [0.5, 0.6) is 6.01 Å². The number of aliphatic hydroxyl groups is 1. The molecule has 0 amide bonds. The molecule has 0 radical (unpaired) electrons. The van der Waals surface area contributed by atoms with Gasteiger partial charge in [-0.3, -0.25) is 5.43 Å². The lowest BCUT2D eigenvalue weighted by atomic mass is 10.4. The number of aliphatic hydroxyl groups excluding tert-OH is 1. The van der Waals surface area contributed by atoms with Crippen molar-refractivity contribution in [3.05, 3.63) is 0 Å². The normalized spacial score (nSPS) is 12.0. The van der Waals surface area contributed by atoms with Crippen molar-refractivity contribution in [1.29, 1.82) is 0 Å². The summed E-state index contributed by atoms with van der Waals surface area (Å²) in [6, 6.07) is 0.179. The van der Waals surface area contributed by atoms with Gasteiger partial charge in [0.2, 0.25) is 11.9 Å². The minimum absolute atomic E-state index is 0.179. The molecule has 90 valence electrons. The van der Waals surface area contributed by atoms with Gasteiger partial charge in [-0.05, 0) is 13.8 Å². The molecule has 0 bridgehead atoms. The Labute approximate surface area is 93.2 Å². The summed E-state index contributed by atoms with van der Waals surface area (Å²) in [4.78, 5) is 11.8. The minimum atomic E-state index is -0.499. The Morgan fingerprint density at radius 1 is 1.38 bits per heavy atom. The Hall–Kier alpha value is -1.67. The third-order valence-corrected chi connectivity index (χ3v) is 1.57. The summed E-state index contributed by atoms with van der Waals surface area (Å²) in [5.74, 6) is 5.70. The lowest BCUT2D eigenvalue weighted by molar-refractivity contribution is 0.208. The van der Waals surface area contributed by atoms with Crippen LogP contribution in [0.1, 0.15) is 13.8 Å². The molecule has 0 spiro atoms. The molecule has 16 heavy (non-hydrogen) atoms. The second kappa shape index (κ2) is 6.03. The number of ether oxygens (including phenoxy) is 1. The molecule has 8 nitrogen and oxygen atoms in total. The Bertz CT molecular complexity index is 332. The Kier molecular flexibility index (Phi) is 4.67. The minimum Gasteiger partial charge on any atom is -0.464 e. The van der Waals surface area contributed by atoms with E-state index in [1.54, 1.807) is 6.92 Å². The van der Waals surface area contributed by atoms with Gasteiger partial charge in [0.05, 0.1) is 12.7 Å². The molecular weight excluding hydrogens is 212 g/mol. The molecule has 0 fully saturated rings. The van der Waals surface area contributed by atoms with Gasteiger partial charge in [0, 0.05) is 6.54 Å². The highest BCUT2D eigenvalue weighted by atomic mass is 16.5. The van der Waals surface area contributed by atoms with Crippen LogP contribution in [-0.2, 0) is 0 Å². The summed E-state index contributed by atoms with van der Waals surface area (Å²) >= 11 is 0. The van der Waals surface area contributed by atoms with Crippen molar-refractivity contribution >= 4 is 11.9 Å². The van der Waals surface area contributed by atoms with Crippen molar-refractivity contribution in [3.8, 4) is 6.01 Å². The van der Waals surface area contributed by atoms with Crippen LogP contribution in [0.25, 0.3) is 0 Å². The average Bonchev–Trinajstić information content (AvgIpc) is 2.26. The quantitative estimate of drug-likeness (QED) is 0.374. The molecule has 0 aliphatic carbocycles. The molecule has 0 saturated heterocycles. The van der Waals surface area contributed by atoms with Crippen molar-refractivity contribution in [2.24, 2.45) is 5.84 Å². The smallest absolute Gasteiger partial charge is 0.323 e. The molecule has 0 saturated carbocycles. The van der Waals surface area contributed by atoms with E-state index in [4.69, 9.17) is 15.7 Å². The summed E-state index contributed by atoms with van der Waals surface area (Å²) in [5.41, 5.74) is 2.31. The maximum atomic E-state index is 9.11. The standard InChI is InChI=1S/C8H16N6O2/c1-3-16-8-12-6(10-4-5(2)15)11-7(13-8)14-9/h5,15H,3-4,9H2,1-2H3,(H2,10,11,12,13,14). The Morgan fingerprint density at radius 2 is 2.06 bits per heavy atom. The van der Waals surface area contributed by atoms with Crippen molar-refractivity contribution in [3.63, 3.8) is 0 Å². The lowest BCUT2D eigenvalue weighted by Gasteiger charge is -2.09. The van der Waals surface area contributed by atoms with Gasteiger partial charge in [0.15, 0.2) is 0 Å². The molecule has 1 atom stereocenters. The molecule has 8 heteroatoms. The predicted molar refractivity (Wildman–Crippen MR) is 59.0 cm³/mol. The van der Waals surface area contributed by atoms with Gasteiger partial charge < -0.3 is 15.2 Å². The van der Waals surface area contributed by atoms with Crippen LogP contribution in [0, 0.1) is 0 Å². The fourth-order valence-electron chi connectivity index (χ4n) is 0.933. The van der Waals surface area contributed by atoms with Gasteiger partial charge in [-0.25, -0.2) is 5.84 Å². The van der Waals surface area contributed by atoms with E-state index < -0.39 is 6.10 Å². The Morgan fingerprint density at radius 3 is 2.62 bits per heavy atom. The molecule has 1 heterocycles. The van der Waals surface area contributed by atoms with Crippen LogP contribution in [-0.4, -0.2) is 39.3 Å². The maximum absolute atomic E-state index is 9.11. The number of nitrogens with one attached hydrogen (secondary N) is 2. The van der Waals surface area contributed by atoms with E-state index in [9.17, 15) is 0 Å². The monoisotopic (exact) mass is 228 g/mol. The van der Waals surface area contributed by atoms with Crippen molar-refractivity contribution in [1.82, 2.24) is 15.0 Å². The molecule has 5 N–H and O–H groups in total. The number of hydrogen-bond donors (Lipinski definition) is 4. The molecular formula is C8H16N6O2. The van der Waals surface area contributed by atoms with E-state index in [1.807, 2.05) is 6.92 Å². The van der Waals surface area contributed by atoms with Crippen LogP contribution in [0.3, 0.4) is 0 Å². The third kappa shape index (κ3) is 3.83. The van der Waals surface area contributed by atoms with Crippen molar-refractivity contribution in [2.45, 2.75) is 20.0 Å². The molecule has 1 rings (SSSR count). The van der Waals surface area contributed by atoms with Gasteiger partial charge >= 0.3 is 6.01 Å². The second-order valence-electron chi connectivity index (χ2n) is 3.07. The maximum Gasteiger partial charge on any atom is 0.323 e. The number of hydrazine groups is 1. The van der Waals surface area contributed by atoms with Gasteiger partial charge in [-0.1, -0.05) is 0 Å². The van der Waals surface area contributed by atoms with E-state index in [1.165, 1.54) is 0 Å².